The zero-order valence-corrected chi connectivity index (χ0v) is 11.1. The van der Waals surface area contributed by atoms with Crippen molar-refractivity contribution < 1.29 is 36.1 Å². The van der Waals surface area contributed by atoms with Crippen LogP contribution in [0.5, 0.6) is 4.62 Å². The second-order valence-corrected chi connectivity index (χ2v) is 4.38. The molecule has 1 aromatic heterocycles. The molecule has 0 aliphatic carbocycles. The van der Waals surface area contributed by atoms with E-state index in [-0.39, 0.29) is 45.5 Å². The van der Waals surface area contributed by atoms with Gasteiger partial charge in [-0.2, -0.15) is 0 Å². The van der Waals surface area contributed by atoms with Crippen molar-refractivity contribution in [2.75, 3.05) is 0 Å². The van der Waals surface area contributed by atoms with Crippen LogP contribution in [0.25, 0.3) is 11.1 Å². The molecule has 1 aromatic carbocycles. The van der Waals surface area contributed by atoms with Crippen LogP contribution < -0.4 is 29.6 Å². The Morgan fingerprint density at radius 3 is 2.31 bits per heavy atom. The van der Waals surface area contributed by atoms with Crippen molar-refractivity contribution in [1.82, 2.24) is 0 Å². The minimum atomic E-state index is 0. The molecule has 2 aromatic rings. The van der Waals surface area contributed by atoms with Crippen molar-refractivity contribution >= 4 is 14.5 Å². The van der Waals surface area contributed by atoms with E-state index in [1.54, 1.807) is 0 Å². The molecule has 0 spiro atoms. The van der Waals surface area contributed by atoms with E-state index in [2.05, 4.69) is 0 Å². The minimum Gasteiger partial charge on any atom is -1.00 e. The van der Waals surface area contributed by atoms with Crippen molar-refractivity contribution in [1.29, 1.82) is 0 Å². The third-order valence-corrected chi connectivity index (χ3v) is 3.23. The summed E-state index contributed by atoms with van der Waals surface area (Å²) in [7, 11) is 0. The standard InChI is InChI=1S/C10H8OSe.Na.H/c11-10-9(6-7-12-10)8-4-2-1-3-5-8;;/h1-7,11H;;/q;+1;-1. The van der Waals surface area contributed by atoms with Crippen molar-refractivity contribution in [3.05, 3.63) is 41.3 Å². The van der Waals surface area contributed by atoms with E-state index in [1.165, 1.54) is 0 Å². The van der Waals surface area contributed by atoms with Crippen molar-refractivity contribution in [2.45, 2.75) is 0 Å². The molecular weight excluding hydrogens is 238 g/mol. The molecule has 0 unspecified atom stereocenters. The average Bonchev–Trinajstić information content (AvgIpc) is 2.53. The molecular formula is C10H9NaOSe. The van der Waals surface area contributed by atoms with Crippen molar-refractivity contribution in [3.63, 3.8) is 0 Å². The van der Waals surface area contributed by atoms with Crippen molar-refractivity contribution in [2.24, 2.45) is 0 Å². The van der Waals surface area contributed by atoms with Gasteiger partial charge < -0.3 is 1.43 Å². The first-order valence-electron chi connectivity index (χ1n) is 3.70. The van der Waals surface area contributed by atoms with Gasteiger partial charge in [0.1, 0.15) is 0 Å². The number of hydrogen-bond donors (Lipinski definition) is 1. The number of benzene rings is 1. The van der Waals surface area contributed by atoms with Gasteiger partial charge in [-0.1, -0.05) is 0 Å². The number of aromatic hydroxyl groups is 1. The molecule has 1 heterocycles. The molecule has 0 amide bonds. The van der Waals surface area contributed by atoms with Crippen LogP contribution in [0.2, 0.25) is 0 Å². The van der Waals surface area contributed by atoms with Crippen LogP contribution in [0.4, 0.5) is 0 Å². The van der Waals surface area contributed by atoms with E-state index in [9.17, 15) is 5.11 Å². The summed E-state index contributed by atoms with van der Waals surface area (Å²) in [6, 6.07) is 12.0. The normalized spacial score (nSPS) is 9.23. The Kier molecular flexibility index (Phi) is 4.30. The summed E-state index contributed by atoms with van der Waals surface area (Å²) in [4.78, 5) is 2.03. The Morgan fingerprint density at radius 2 is 1.77 bits per heavy atom. The first kappa shape index (κ1) is 11.1. The van der Waals surface area contributed by atoms with Gasteiger partial charge in [0.15, 0.2) is 0 Å². The van der Waals surface area contributed by atoms with Crippen LogP contribution >= 0.6 is 0 Å². The molecule has 1 N–H and O–H groups in total. The van der Waals surface area contributed by atoms with Gasteiger partial charge in [0.25, 0.3) is 0 Å². The maximum absolute atomic E-state index is 9.49. The van der Waals surface area contributed by atoms with Crippen LogP contribution in [0.1, 0.15) is 1.43 Å². The monoisotopic (exact) mass is 248 g/mol. The first-order chi connectivity index (χ1) is 5.88. The van der Waals surface area contributed by atoms with Crippen LogP contribution in [0, 0.1) is 0 Å². The molecule has 0 bridgehead atoms. The van der Waals surface area contributed by atoms with Gasteiger partial charge in [-0.05, 0) is 0 Å². The summed E-state index contributed by atoms with van der Waals surface area (Å²) in [5.74, 6) is 0. The van der Waals surface area contributed by atoms with E-state index in [4.69, 9.17) is 0 Å². The molecule has 13 heavy (non-hydrogen) atoms. The Balaban J connectivity index is 0.000000845. The molecule has 0 aliphatic rings. The molecule has 0 saturated heterocycles. The van der Waals surface area contributed by atoms with E-state index in [0.29, 0.717) is 4.62 Å². The fourth-order valence-corrected chi connectivity index (χ4v) is 2.49. The fourth-order valence-electron chi connectivity index (χ4n) is 1.14. The van der Waals surface area contributed by atoms with E-state index in [0.717, 1.165) is 11.1 Å². The predicted molar refractivity (Wildman–Crippen MR) is 51.6 cm³/mol. The van der Waals surface area contributed by atoms with E-state index < -0.39 is 0 Å². The predicted octanol–water partition coefficient (Wildman–Crippen LogP) is -0.767. The zero-order valence-electron chi connectivity index (χ0n) is 8.40. The Labute approximate surface area is 107 Å². The molecule has 2 rings (SSSR count). The third kappa shape index (κ3) is 2.49. The maximum atomic E-state index is 9.49. The number of hydrogen-bond acceptors (Lipinski definition) is 1. The fraction of sp³-hybridized carbons (Fsp3) is 0. The van der Waals surface area contributed by atoms with Gasteiger partial charge in [0, 0.05) is 0 Å². The molecule has 3 heteroatoms. The van der Waals surface area contributed by atoms with Crippen LogP contribution in [0.3, 0.4) is 0 Å². The molecule has 0 saturated carbocycles. The van der Waals surface area contributed by atoms with Gasteiger partial charge in [0.2, 0.25) is 0 Å². The SMILES string of the molecule is Oc1[se]ccc1-c1ccccc1.[H-].[Na+]. The summed E-state index contributed by atoms with van der Waals surface area (Å²) in [5, 5.41) is 9.49. The zero-order chi connectivity index (χ0) is 8.39. The number of rotatable bonds is 1. The quantitative estimate of drug-likeness (QED) is 0.656. The van der Waals surface area contributed by atoms with Gasteiger partial charge in [-0.3, -0.25) is 0 Å². The van der Waals surface area contributed by atoms with Gasteiger partial charge in [0.05, 0.1) is 0 Å². The van der Waals surface area contributed by atoms with E-state index in [1.807, 2.05) is 41.3 Å². The summed E-state index contributed by atoms with van der Waals surface area (Å²) in [6.07, 6.45) is 0. The van der Waals surface area contributed by atoms with Gasteiger partial charge >= 0.3 is 106 Å². The average molecular weight is 247 g/mol. The molecule has 1 nitrogen and oxygen atoms in total. The molecule has 0 atom stereocenters. The smallest absolute Gasteiger partial charge is 1.00 e. The Hall–Kier alpha value is 0.0195. The second kappa shape index (κ2) is 5.04. The molecule has 0 aliphatic heterocycles. The Morgan fingerprint density at radius 1 is 1.08 bits per heavy atom. The minimum absolute atomic E-state index is 0. The van der Waals surface area contributed by atoms with Crippen LogP contribution in [-0.4, -0.2) is 19.6 Å². The molecule has 62 valence electrons. The molecule has 0 radical (unpaired) electrons. The van der Waals surface area contributed by atoms with Gasteiger partial charge in [-0.25, -0.2) is 0 Å². The third-order valence-electron chi connectivity index (χ3n) is 1.73. The summed E-state index contributed by atoms with van der Waals surface area (Å²) in [5.41, 5.74) is 2.08. The van der Waals surface area contributed by atoms with Crippen LogP contribution in [0.15, 0.2) is 41.3 Å². The first-order valence-corrected chi connectivity index (χ1v) is 5.54. The summed E-state index contributed by atoms with van der Waals surface area (Å²) in [6.45, 7) is 0. The van der Waals surface area contributed by atoms with Gasteiger partial charge in [-0.15, -0.1) is 0 Å². The topological polar surface area (TPSA) is 20.2 Å². The summed E-state index contributed by atoms with van der Waals surface area (Å²) < 4.78 is 0.536. The largest absolute Gasteiger partial charge is 1.00 e. The second-order valence-electron chi connectivity index (χ2n) is 2.51. The van der Waals surface area contributed by atoms with E-state index >= 15 is 0 Å². The summed E-state index contributed by atoms with van der Waals surface area (Å²) >= 11 is 0.158. The Bertz CT molecular complexity index is 375. The van der Waals surface area contributed by atoms with Crippen molar-refractivity contribution in [3.8, 4) is 15.8 Å². The molecule has 0 fully saturated rings. The maximum Gasteiger partial charge on any atom is 1.00 e. The van der Waals surface area contributed by atoms with Crippen LogP contribution in [-0.2, 0) is 0 Å².